The van der Waals surface area contributed by atoms with E-state index in [9.17, 15) is 9.90 Å². The van der Waals surface area contributed by atoms with Crippen molar-refractivity contribution in [3.05, 3.63) is 28.8 Å². The van der Waals surface area contributed by atoms with Gasteiger partial charge in [0.05, 0.1) is 16.3 Å². The Hall–Kier alpha value is -1.10. The standard InChI is InChI=1S/C15H21ClN2O2/c1-15(2,20)11-17-6-8-18(9-7-17)14-12(10-19)4-3-5-13(14)16/h3-5,10,20H,6-9,11H2,1-2H3. The van der Waals surface area contributed by atoms with Gasteiger partial charge in [-0.05, 0) is 26.0 Å². The predicted molar refractivity (Wildman–Crippen MR) is 81.8 cm³/mol. The zero-order chi connectivity index (χ0) is 14.8. The number of carbonyl (C=O) groups is 1. The van der Waals surface area contributed by atoms with Crippen molar-refractivity contribution < 1.29 is 9.90 Å². The van der Waals surface area contributed by atoms with Crippen LogP contribution in [0.3, 0.4) is 0 Å². The lowest BCUT2D eigenvalue weighted by Gasteiger charge is -2.39. The third-order valence-corrected chi connectivity index (χ3v) is 3.75. The summed E-state index contributed by atoms with van der Waals surface area (Å²) in [5.74, 6) is 0. The summed E-state index contributed by atoms with van der Waals surface area (Å²) in [6, 6.07) is 5.39. The van der Waals surface area contributed by atoms with Gasteiger partial charge < -0.3 is 10.0 Å². The number of nitrogens with zero attached hydrogens (tertiary/aromatic N) is 2. The molecule has 0 spiro atoms. The topological polar surface area (TPSA) is 43.8 Å². The molecular weight excluding hydrogens is 276 g/mol. The summed E-state index contributed by atoms with van der Waals surface area (Å²) in [6.45, 7) is 7.61. The second kappa shape index (κ2) is 6.12. The summed E-state index contributed by atoms with van der Waals surface area (Å²) >= 11 is 6.23. The molecule has 0 aliphatic carbocycles. The Morgan fingerprint density at radius 2 is 1.95 bits per heavy atom. The number of hydrogen-bond donors (Lipinski definition) is 1. The van der Waals surface area contributed by atoms with Crippen molar-refractivity contribution in [1.82, 2.24) is 4.90 Å². The van der Waals surface area contributed by atoms with E-state index in [-0.39, 0.29) is 0 Å². The first kappa shape index (κ1) is 15.3. The number of β-amino-alcohol motifs (C(OH)–C–C–N with tert-alkyl or cyclic N) is 1. The molecule has 1 fully saturated rings. The Bertz CT molecular complexity index is 477. The van der Waals surface area contributed by atoms with Gasteiger partial charge in [-0.1, -0.05) is 17.7 Å². The number of carbonyl (C=O) groups excluding carboxylic acids is 1. The monoisotopic (exact) mass is 296 g/mol. The largest absolute Gasteiger partial charge is 0.389 e. The fourth-order valence-electron chi connectivity index (χ4n) is 2.64. The summed E-state index contributed by atoms with van der Waals surface area (Å²) in [7, 11) is 0. The van der Waals surface area contributed by atoms with Gasteiger partial charge in [-0.15, -0.1) is 0 Å². The highest BCUT2D eigenvalue weighted by Crippen LogP contribution is 2.29. The first-order chi connectivity index (χ1) is 9.40. The zero-order valence-corrected chi connectivity index (χ0v) is 12.7. The molecule has 1 aromatic carbocycles. The van der Waals surface area contributed by atoms with Crippen LogP contribution in [0.4, 0.5) is 5.69 Å². The number of benzene rings is 1. The van der Waals surface area contributed by atoms with Crippen LogP contribution in [0.5, 0.6) is 0 Å². The summed E-state index contributed by atoms with van der Waals surface area (Å²) in [6.07, 6.45) is 0.852. The zero-order valence-electron chi connectivity index (χ0n) is 12.0. The van der Waals surface area contributed by atoms with Gasteiger partial charge in [0.2, 0.25) is 0 Å². The number of piperazine rings is 1. The quantitative estimate of drug-likeness (QED) is 0.864. The Kier molecular flexibility index (Phi) is 4.68. The fraction of sp³-hybridized carbons (Fsp3) is 0.533. The highest BCUT2D eigenvalue weighted by atomic mass is 35.5. The van der Waals surface area contributed by atoms with Gasteiger partial charge >= 0.3 is 0 Å². The molecule has 5 heteroatoms. The lowest BCUT2D eigenvalue weighted by Crippen LogP contribution is -2.50. The first-order valence-electron chi connectivity index (χ1n) is 6.84. The molecule has 1 N–H and O–H groups in total. The van der Waals surface area contributed by atoms with Gasteiger partial charge in [-0.2, -0.15) is 0 Å². The molecular formula is C15H21ClN2O2. The molecule has 0 aromatic heterocycles. The van der Waals surface area contributed by atoms with Crippen molar-refractivity contribution in [2.24, 2.45) is 0 Å². The van der Waals surface area contributed by atoms with Crippen molar-refractivity contribution in [2.45, 2.75) is 19.4 Å². The molecule has 1 aliphatic heterocycles. The van der Waals surface area contributed by atoms with Gasteiger partial charge in [-0.25, -0.2) is 0 Å². The minimum atomic E-state index is -0.680. The van der Waals surface area contributed by atoms with Crippen LogP contribution in [-0.2, 0) is 0 Å². The summed E-state index contributed by atoms with van der Waals surface area (Å²) < 4.78 is 0. The Morgan fingerprint density at radius 3 is 2.50 bits per heavy atom. The molecule has 0 bridgehead atoms. The minimum Gasteiger partial charge on any atom is -0.389 e. The molecule has 1 aromatic rings. The van der Waals surface area contributed by atoms with E-state index in [1.54, 1.807) is 12.1 Å². The molecule has 1 heterocycles. The second-order valence-electron chi connectivity index (χ2n) is 5.87. The van der Waals surface area contributed by atoms with Crippen LogP contribution in [0.25, 0.3) is 0 Å². The van der Waals surface area contributed by atoms with Crippen LogP contribution in [0.1, 0.15) is 24.2 Å². The van der Waals surface area contributed by atoms with E-state index >= 15 is 0 Å². The number of hydrogen-bond acceptors (Lipinski definition) is 4. The summed E-state index contributed by atoms with van der Waals surface area (Å²) in [5.41, 5.74) is 0.779. The SMILES string of the molecule is CC(C)(O)CN1CCN(c2c(Cl)cccc2C=O)CC1. The normalized spacial score (nSPS) is 17.3. The smallest absolute Gasteiger partial charge is 0.152 e. The number of aldehydes is 1. The molecule has 0 saturated carbocycles. The maximum atomic E-state index is 11.1. The van der Waals surface area contributed by atoms with Crippen LogP contribution in [-0.4, -0.2) is 54.6 Å². The molecule has 0 amide bonds. The van der Waals surface area contributed by atoms with E-state index in [1.807, 2.05) is 19.9 Å². The molecule has 1 aliphatic rings. The van der Waals surface area contributed by atoms with Crippen molar-refractivity contribution in [2.75, 3.05) is 37.6 Å². The average Bonchev–Trinajstić information content (AvgIpc) is 2.38. The summed E-state index contributed by atoms with van der Waals surface area (Å²) in [4.78, 5) is 15.5. The predicted octanol–water partition coefficient (Wildman–Crippen LogP) is 2.05. The van der Waals surface area contributed by atoms with E-state index in [0.717, 1.165) is 38.2 Å². The molecule has 2 rings (SSSR count). The van der Waals surface area contributed by atoms with Gasteiger partial charge in [0.1, 0.15) is 0 Å². The van der Waals surface area contributed by atoms with Crippen molar-refractivity contribution >= 4 is 23.6 Å². The molecule has 1 saturated heterocycles. The van der Waals surface area contributed by atoms with Gasteiger partial charge in [0.15, 0.2) is 6.29 Å². The van der Waals surface area contributed by atoms with Crippen LogP contribution < -0.4 is 4.90 Å². The van der Waals surface area contributed by atoms with Crippen LogP contribution >= 0.6 is 11.6 Å². The highest BCUT2D eigenvalue weighted by molar-refractivity contribution is 6.33. The van der Waals surface area contributed by atoms with E-state index < -0.39 is 5.60 Å². The molecule has 0 unspecified atom stereocenters. The fourth-order valence-corrected chi connectivity index (χ4v) is 2.94. The summed E-state index contributed by atoms with van der Waals surface area (Å²) in [5, 5.41) is 10.5. The molecule has 0 atom stereocenters. The Balaban J connectivity index is 2.06. The Morgan fingerprint density at radius 1 is 1.30 bits per heavy atom. The average molecular weight is 297 g/mol. The molecule has 20 heavy (non-hydrogen) atoms. The van der Waals surface area contributed by atoms with Gasteiger partial charge in [0.25, 0.3) is 0 Å². The van der Waals surface area contributed by atoms with Gasteiger partial charge in [0, 0.05) is 38.3 Å². The molecule has 4 nitrogen and oxygen atoms in total. The minimum absolute atomic E-state index is 0.616. The Labute approximate surface area is 124 Å². The third kappa shape index (κ3) is 3.72. The number of rotatable bonds is 4. The number of halogens is 1. The highest BCUT2D eigenvalue weighted by Gasteiger charge is 2.24. The number of para-hydroxylation sites is 1. The van der Waals surface area contributed by atoms with Crippen molar-refractivity contribution in [3.63, 3.8) is 0 Å². The van der Waals surface area contributed by atoms with E-state index in [4.69, 9.17) is 11.6 Å². The van der Waals surface area contributed by atoms with Crippen LogP contribution in [0.15, 0.2) is 18.2 Å². The van der Waals surface area contributed by atoms with Crippen molar-refractivity contribution in [1.29, 1.82) is 0 Å². The third-order valence-electron chi connectivity index (χ3n) is 3.44. The van der Waals surface area contributed by atoms with E-state index in [0.29, 0.717) is 17.1 Å². The van der Waals surface area contributed by atoms with E-state index in [2.05, 4.69) is 9.80 Å². The second-order valence-corrected chi connectivity index (χ2v) is 6.28. The number of aliphatic hydroxyl groups is 1. The van der Waals surface area contributed by atoms with Crippen LogP contribution in [0.2, 0.25) is 5.02 Å². The number of anilines is 1. The van der Waals surface area contributed by atoms with Gasteiger partial charge in [-0.3, -0.25) is 9.69 Å². The van der Waals surface area contributed by atoms with Crippen molar-refractivity contribution in [3.8, 4) is 0 Å². The lowest BCUT2D eigenvalue weighted by atomic mass is 10.1. The maximum absolute atomic E-state index is 11.1. The lowest BCUT2D eigenvalue weighted by molar-refractivity contribution is 0.0345. The molecule has 0 radical (unpaired) electrons. The molecule has 110 valence electrons. The first-order valence-corrected chi connectivity index (χ1v) is 7.22. The maximum Gasteiger partial charge on any atom is 0.152 e. The van der Waals surface area contributed by atoms with Crippen LogP contribution in [0, 0.1) is 0 Å². The van der Waals surface area contributed by atoms with E-state index in [1.165, 1.54) is 0 Å².